The van der Waals surface area contributed by atoms with Gasteiger partial charge in [0.15, 0.2) is 6.61 Å². The minimum Gasteiger partial charge on any atom is -0.476 e. The lowest BCUT2D eigenvalue weighted by atomic mass is 10.1. The summed E-state index contributed by atoms with van der Waals surface area (Å²) in [4.78, 5) is 28.2. The van der Waals surface area contributed by atoms with Gasteiger partial charge in [-0.1, -0.05) is 18.2 Å². The van der Waals surface area contributed by atoms with E-state index in [2.05, 4.69) is 24.0 Å². The number of anilines is 1. The molecular weight excluding hydrogens is 320 g/mol. The Morgan fingerprint density at radius 1 is 1.12 bits per heavy atom. The molecular formula is C19H22N2O4. The van der Waals surface area contributed by atoms with Gasteiger partial charge in [0.2, 0.25) is 11.2 Å². The number of para-hydroxylation sites is 1. The third kappa shape index (κ3) is 3.84. The molecule has 1 aromatic heterocycles. The topological polar surface area (TPSA) is 63.0 Å². The first kappa shape index (κ1) is 17.1. The van der Waals surface area contributed by atoms with Crippen LogP contribution in [0.3, 0.4) is 0 Å². The quantitative estimate of drug-likeness (QED) is 0.850. The number of hydrogen-bond acceptors (Lipinski definition) is 5. The van der Waals surface area contributed by atoms with Crippen LogP contribution in [0.25, 0.3) is 0 Å². The Labute approximate surface area is 146 Å². The number of carbonyl (C=O) groups excluding carboxylic acids is 1. The minimum absolute atomic E-state index is 0.106. The molecule has 6 nitrogen and oxygen atoms in total. The number of aryl methyl sites for hydroxylation is 2. The molecule has 0 N–H and O–H groups in total. The zero-order valence-corrected chi connectivity index (χ0v) is 14.5. The molecule has 2 heterocycles. The Bertz CT molecular complexity index is 807. The molecule has 0 atom stereocenters. The number of ether oxygens (including phenoxy) is 1. The van der Waals surface area contributed by atoms with E-state index in [-0.39, 0.29) is 23.7 Å². The van der Waals surface area contributed by atoms with Crippen LogP contribution < -0.4 is 15.1 Å². The average molecular weight is 342 g/mol. The van der Waals surface area contributed by atoms with Crippen LogP contribution in [0.2, 0.25) is 0 Å². The summed E-state index contributed by atoms with van der Waals surface area (Å²) in [6.45, 7) is 6.42. The molecule has 1 amide bonds. The van der Waals surface area contributed by atoms with Crippen LogP contribution in [-0.4, -0.2) is 43.6 Å². The van der Waals surface area contributed by atoms with Gasteiger partial charge in [0.25, 0.3) is 5.91 Å². The van der Waals surface area contributed by atoms with E-state index in [4.69, 9.17) is 9.15 Å². The fourth-order valence-electron chi connectivity index (χ4n) is 3.01. The standard InChI is InChI=1S/C19H22N2O4/c1-14-5-3-4-6-16(14)20-8-10-21(11-9-20)18(23)13-25-19-15(2)24-12-7-17(19)22/h3-7,12H,8-11,13H2,1-2H3. The van der Waals surface area contributed by atoms with Crippen molar-refractivity contribution >= 4 is 11.6 Å². The smallest absolute Gasteiger partial charge is 0.260 e. The maximum atomic E-state index is 12.4. The Balaban J connectivity index is 1.55. The lowest BCUT2D eigenvalue weighted by molar-refractivity contribution is -0.133. The van der Waals surface area contributed by atoms with Gasteiger partial charge in [0, 0.05) is 37.9 Å². The summed E-state index contributed by atoms with van der Waals surface area (Å²) >= 11 is 0. The molecule has 0 aliphatic carbocycles. The van der Waals surface area contributed by atoms with Gasteiger partial charge in [-0.15, -0.1) is 0 Å². The van der Waals surface area contributed by atoms with Gasteiger partial charge in [0.1, 0.15) is 5.76 Å². The second-order valence-corrected chi connectivity index (χ2v) is 6.11. The summed E-state index contributed by atoms with van der Waals surface area (Å²) in [5.41, 5.74) is 2.17. The number of piperazine rings is 1. The van der Waals surface area contributed by atoms with Crippen LogP contribution in [0.5, 0.6) is 5.75 Å². The Kier molecular flexibility index (Phi) is 5.07. The van der Waals surface area contributed by atoms with Crippen molar-refractivity contribution in [2.45, 2.75) is 13.8 Å². The van der Waals surface area contributed by atoms with E-state index in [1.54, 1.807) is 11.8 Å². The third-order valence-electron chi connectivity index (χ3n) is 4.44. The van der Waals surface area contributed by atoms with Gasteiger partial charge in [0.05, 0.1) is 6.26 Å². The van der Waals surface area contributed by atoms with Gasteiger partial charge >= 0.3 is 0 Å². The predicted molar refractivity (Wildman–Crippen MR) is 95.2 cm³/mol. The van der Waals surface area contributed by atoms with Gasteiger partial charge in [-0.3, -0.25) is 9.59 Å². The Hall–Kier alpha value is -2.76. The zero-order valence-electron chi connectivity index (χ0n) is 14.5. The van der Waals surface area contributed by atoms with Gasteiger partial charge in [-0.2, -0.15) is 0 Å². The second kappa shape index (κ2) is 7.42. The van der Waals surface area contributed by atoms with Crippen molar-refractivity contribution in [2.75, 3.05) is 37.7 Å². The summed E-state index contributed by atoms with van der Waals surface area (Å²) in [7, 11) is 0. The molecule has 1 aromatic carbocycles. The number of amides is 1. The van der Waals surface area contributed by atoms with E-state index >= 15 is 0 Å². The fourth-order valence-corrected chi connectivity index (χ4v) is 3.01. The molecule has 3 rings (SSSR count). The molecule has 0 spiro atoms. The molecule has 1 saturated heterocycles. The average Bonchev–Trinajstić information content (AvgIpc) is 2.62. The number of hydrogen-bond donors (Lipinski definition) is 0. The lowest BCUT2D eigenvalue weighted by Crippen LogP contribution is -2.50. The summed E-state index contributed by atoms with van der Waals surface area (Å²) in [5.74, 6) is 0.367. The second-order valence-electron chi connectivity index (χ2n) is 6.11. The molecule has 6 heteroatoms. The van der Waals surface area contributed by atoms with Crippen LogP contribution in [0.1, 0.15) is 11.3 Å². The van der Waals surface area contributed by atoms with Crippen molar-refractivity contribution in [1.29, 1.82) is 0 Å². The maximum Gasteiger partial charge on any atom is 0.260 e. The summed E-state index contributed by atoms with van der Waals surface area (Å²) in [5, 5.41) is 0. The molecule has 1 aliphatic heterocycles. The Morgan fingerprint density at radius 3 is 2.52 bits per heavy atom. The third-order valence-corrected chi connectivity index (χ3v) is 4.44. The van der Waals surface area contributed by atoms with E-state index < -0.39 is 0 Å². The highest BCUT2D eigenvalue weighted by Crippen LogP contribution is 2.20. The molecule has 0 unspecified atom stereocenters. The van der Waals surface area contributed by atoms with Crippen LogP contribution >= 0.6 is 0 Å². The van der Waals surface area contributed by atoms with Crippen molar-refractivity contribution in [1.82, 2.24) is 4.90 Å². The van der Waals surface area contributed by atoms with Gasteiger partial charge < -0.3 is 19.0 Å². The SMILES string of the molecule is Cc1ccccc1N1CCN(C(=O)COc2c(C)occc2=O)CC1. The number of benzene rings is 1. The monoisotopic (exact) mass is 342 g/mol. The van der Waals surface area contributed by atoms with E-state index in [1.807, 2.05) is 12.1 Å². The van der Waals surface area contributed by atoms with Crippen molar-refractivity contribution < 1.29 is 13.9 Å². The van der Waals surface area contributed by atoms with E-state index in [0.29, 0.717) is 18.8 Å². The van der Waals surface area contributed by atoms with E-state index in [9.17, 15) is 9.59 Å². The first-order chi connectivity index (χ1) is 12.1. The lowest BCUT2D eigenvalue weighted by Gasteiger charge is -2.36. The van der Waals surface area contributed by atoms with Crippen molar-refractivity contribution in [3.05, 3.63) is 58.1 Å². The fraction of sp³-hybridized carbons (Fsp3) is 0.368. The number of nitrogens with zero attached hydrogens (tertiary/aromatic N) is 2. The number of carbonyl (C=O) groups is 1. The van der Waals surface area contributed by atoms with Crippen LogP contribution in [0.4, 0.5) is 5.69 Å². The normalized spacial score (nSPS) is 14.5. The molecule has 1 aliphatic rings. The summed E-state index contributed by atoms with van der Waals surface area (Å²) in [6.07, 6.45) is 1.32. The van der Waals surface area contributed by atoms with E-state index in [0.717, 1.165) is 13.1 Å². The van der Waals surface area contributed by atoms with E-state index in [1.165, 1.54) is 23.6 Å². The molecule has 0 bridgehead atoms. The first-order valence-electron chi connectivity index (χ1n) is 8.36. The highest BCUT2D eigenvalue weighted by Gasteiger charge is 2.22. The molecule has 2 aromatic rings. The maximum absolute atomic E-state index is 12.4. The van der Waals surface area contributed by atoms with Crippen LogP contribution in [0.15, 0.2) is 45.8 Å². The summed E-state index contributed by atoms with van der Waals surface area (Å²) in [6, 6.07) is 9.54. The van der Waals surface area contributed by atoms with Crippen molar-refractivity contribution in [3.8, 4) is 5.75 Å². The molecule has 1 fully saturated rings. The Morgan fingerprint density at radius 2 is 1.84 bits per heavy atom. The highest BCUT2D eigenvalue weighted by molar-refractivity contribution is 5.78. The molecule has 132 valence electrons. The zero-order chi connectivity index (χ0) is 17.8. The van der Waals surface area contributed by atoms with Gasteiger partial charge in [-0.05, 0) is 25.5 Å². The van der Waals surface area contributed by atoms with Crippen LogP contribution in [0, 0.1) is 13.8 Å². The first-order valence-corrected chi connectivity index (χ1v) is 8.36. The molecule has 25 heavy (non-hydrogen) atoms. The largest absolute Gasteiger partial charge is 0.476 e. The number of rotatable bonds is 4. The predicted octanol–water partition coefficient (Wildman–Crippen LogP) is 1.98. The summed E-state index contributed by atoms with van der Waals surface area (Å²) < 4.78 is 10.5. The van der Waals surface area contributed by atoms with Crippen LogP contribution in [-0.2, 0) is 4.79 Å². The van der Waals surface area contributed by atoms with Crippen molar-refractivity contribution in [2.24, 2.45) is 0 Å². The minimum atomic E-state index is -0.277. The van der Waals surface area contributed by atoms with Gasteiger partial charge in [-0.25, -0.2) is 0 Å². The molecule has 0 saturated carbocycles. The molecule has 0 radical (unpaired) electrons. The van der Waals surface area contributed by atoms with Crippen molar-refractivity contribution in [3.63, 3.8) is 0 Å². The highest BCUT2D eigenvalue weighted by atomic mass is 16.5.